The van der Waals surface area contributed by atoms with Gasteiger partial charge in [-0.1, -0.05) is 6.07 Å². The largest absolute Gasteiger partial charge is 0.444 e. The second kappa shape index (κ2) is 7.24. The standard InChI is InChI=1S/C15H25N3O2/c1-11-6-7-13(17-8-11)10-16-12(2)9-18-14(19)20-15(3,4)5/h6-8,12,16H,9-10H2,1-5H3,(H,18,19). The highest BCUT2D eigenvalue weighted by Crippen LogP contribution is 2.06. The molecule has 0 saturated heterocycles. The van der Waals surface area contributed by atoms with Crippen LogP contribution in [-0.4, -0.2) is 29.3 Å². The molecule has 0 aliphatic heterocycles. The molecular weight excluding hydrogens is 254 g/mol. The third-order valence-electron chi connectivity index (χ3n) is 2.56. The number of ether oxygens (including phenoxy) is 1. The summed E-state index contributed by atoms with van der Waals surface area (Å²) in [5, 5.41) is 6.04. The van der Waals surface area contributed by atoms with E-state index in [4.69, 9.17) is 4.74 Å². The fraction of sp³-hybridized carbons (Fsp3) is 0.600. The Hall–Kier alpha value is -1.62. The van der Waals surface area contributed by atoms with E-state index in [1.54, 1.807) is 0 Å². The van der Waals surface area contributed by atoms with Gasteiger partial charge in [-0.15, -0.1) is 0 Å². The van der Waals surface area contributed by atoms with Crippen LogP contribution in [0, 0.1) is 6.92 Å². The minimum atomic E-state index is -0.466. The molecule has 0 radical (unpaired) electrons. The fourth-order valence-electron chi connectivity index (χ4n) is 1.50. The van der Waals surface area contributed by atoms with Crippen molar-refractivity contribution in [2.24, 2.45) is 0 Å². The number of nitrogens with one attached hydrogen (secondary N) is 2. The molecular formula is C15H25N3O2. The van der Waals surface area contributed by atoms with Gasteiger partial charge in [-0.3, -0.25) is 4.98 Å². The number of carbonyl (C=O) groups excluding carboxylic acids is 1. The van der Waals surface area contributed by atoms with Crippen molar-refractivity contribution in [3.05, 3.63) is 29.6 Å². The number of carbonyl (C=O) groups is 1. The van der Waals surface area contributed by atoms with Crippen LogP contribution in [-0.2, 0) is 11.3 Å². The number of pyridine rings is 1. The Labute approximate surface area is 121 Å². The smallest absolute Gasteiger partial charge is 0.407 e. The number of nitrogens with zero attached hydrogens (tertiary/aromatic N) is 1. The molecule has 1 aromatic heterocycles. The highest BCUT2D eigenvalue weighted by Gasteiger charge is 2.16. The first-order valence-electron chi connectivity index (χ1n) is 6.88. The van der Waals surface area contributed by atoms with E-state index in [0.717, 1.165) is 11.3 Å². The van der Waals surface area contributed by atoms with Crippen molar-refractivity contribution in [3.63, 3.8) is 0 Å². The predicted octanol–water partition coefficient (Wildman–Crippen LogP) is 2.39. The van der Waals surface area contributed by atoms with Crippen LogP contribution in [0.2, 0.25) is 0 Å². The predicted molar refractivity (Wildman–Crippen MR) is 79.5 cm³/mol. The normalized spacial score (nSPS) is 12.8. The summed E-state index contributed by atoms with van der Waals surface area (Å²) in [7, 11) is 0. The minimum Gasteiger partial charge on any atom is -0.444 e. The minimum absolute atomic E-state index is 0.144. The van der Waals surface area contributed by atoms with Gasteiger partial charge < -0.3 is 15.4 Å². The molecule has 0 aromatic carbocycles. The molecule has 0 aliphatic rings. The molecule has 0 fully saturated rings. The van der Waals surface area contributed by atoms with Crippen molar-refractivity contribution in [1.82, 2.24) is 15.6 Å². The van der Waals surface area contributed by atoms with Crippen molar-refractivity contribution in [1.29, 1.82) is 0 Å². The lowest BCUT2D eigenvalue weighted by Crippen LogP contribution is -2.41. The highest BCUT2D eigenvalue weighted by molar-refractivity contribution is 5.67. The summed E-state index contributed by atoms with van der Waals surface area (Å²) in [4.78, 5) is 15.8. The van der Waals surface area contributed by atoms with E-state index in [2.05, 4.69) is 15.6 Å². The zero-order valence-electron chi connectivity index (χ0n) is 13.0. The average molecular weight is 279 g/mol. The lowest BCUT2D eigenvalue weighted by molar-refractivity contribution is 0.0523. The molecule has 2 N–H and O–H groups in total. The maximum Gasteiger partial charge on any atom is 0.407 e. The number of amides is 1. The number of hydrogen-bond donors (Lipinski definition) is 2. The molecule has 5 heteroatoms. The summed E-state index contributed by atoms with van der Waals surface area (Å²) in [5.74, 6) is 0. The molecule has 0 aliphatic carbocycles. The van der Waals surface area contributed by atoms with E-state index in [9.17, 15) is 4.79 Å². The van der Waals surface area contributed by atoms with E-state index in [1.165, 1.54) is 0 Å². The highest BCUT2D eigenvalue weighted by atomic mass is 16.6. The zero-order chi connectivity index (χ0) is 15.2. The summed E-state index contributed by atoms with van der Waals surface area (Å²) in [6.07, 6.45) is 1.46. The molecule has 5 nitrogen and oxygen atoms in total. The van der Waals surface area contributed by atoms with Crippen LogP contribution in [0.25, 0.3) is 0 Å². The Balaban J connectivity index is 2.25. The van der Waals surface area contributed by atoms with Crippen LogP contribution >= 0.6 is 0 Å². The van der Waals surface area contributed by atoms with Gasteiger partial charge >= 0.3 is 6.09 Å². The average Bonchev–Trinajstić information content (AvgIpc) is 2.33. The van der Waals surface area contributed by atoms with Gasteiger partial charge in [-0.05, 0) is 46.2 Å². The molecule has 1 rings (SSSR count). The van der Waals surface area contributed by atoms with Gasteiger partial charge in [0, 0.05) is 25.3 Å². The summed E-state index contributed by atoms with van der Waals surface area (Å²) in [6, 6.07) is 4.18. The Bertz CT molecular complexity index is 424. The second-order valence-corrected chi connectivity index (χ2v) is 5.99. The lowest BCUT2D eigenvalue weighted by Gasteiger charge is -2.21. The Morgan fingerprint density at radius 3 is 2.65 bits per heavy atom. The van der Waals surface area contributed by atoms with E-state index in [-0.39, 0.29) is 12.1 Å². The monoisotopic (exact) mass is 279 g/mol. The van der Waals surface area contributed by atoms with Crippen molar-refractivity contribution in [3.8, 4) is 0 Å². The number of rotatable bonds is 5. The van der Waals surface area contributed by atoms with E-state index in [0.29, 0.717) is 13.1 Å². The molecule has 1 atom stereocenters. The van der Waals surface area contributed by atoms with Crippen molar-refractivity contribution >= 4 is 6.09 Å². The number of hydrogen-bond acceptors (Lipinski definition) is 4. The Morgan fingerprint density at radius 2 is 2.10 bits per heavy atom. The molecule has 0 saturated carbocycles. The molecule has 1 unspecified atom stereocenters. The molecule has 1 aromatic rings. The first-order valence-corrected chi connectivity index (χ1v) is 6.88. The van der Waals surface area contributed by atoms with Crippen molar-refractivity contribution in [2.75, 3.05) is 6.54 Å². The first kappa shape index (κ1) is 16.4. The molecule has 20 heavy (non-hydrogen) atoms. The zero-order valence-corrected chi connectivity index (χ0v) is 13.0. The second-order valence-electron chi connectivity index (χ2n) is 5.99. The van der Waals surface area contributed by atoms with Crippen LogP contribution in [0.4, 0.5) is 4.79 Å². The van der Waals surface area contributed by atoms with Crippen molar-refractivity contribution < 1.29 is 9.53 Å². The summed E-state index contributed by atoms with van der Waals surface area (Å²) < 4.78 is 5.17. The first-order chi connectivity index (χ1) is 9.26. The van der Waals surface area contributed by atoms with Crippen LogP contribution in [0.1, 0.15) is 39.0 Å². The molecule has 1 heterocycles. The quantitative estimate of drug-likeness (QED) is 0.868. The topological polar surface area (TPSA) is 63.2 Å². The Kier molecular flexibility index (Phi) is 5.95. The van der Waals surface area contributed by atoms with Gasteiger partial charge in [-0.25, -0.2) is 4.79 Å². The summed E-state index contributed by atoms with van der Waals surface area (Å²) >= 11 is 0. The number of alkyl carbamates (subject to hydrolysis) is 1. The fourth-order valence-corrected chi connectivity index (χ4v) is 1.50. The van der Waals surface area contributed by atoms with Crippen LogP contribution in [0.3, 0.4) is 0 Å². The van der Waals surface area contributed by atoms with Gasteiger partial charge in [0.05, 0.1) is 5.69 Å². The Morgan fingerprint density at radius 1 is 1.40 bits per heavy atom. The van der Waals surface area contributed by atoms with Gasteiger partial charge in [0.25, 0.3) is 0 Å². The lowest BCUT2D eigenvalue weighted by atomic mass is 10.2. The van der Waals surface area contributed by atoms with Crippen LogP contribution in [0.5, 0.6) is 0 Å². The van der Waals surface area contributed by atoms with Crippen molar-refractivity contribution in [2.45, 2.75) is 52.8 Å². The summed E-state index contributed by atoms with van der Waals surface area (Å²) in [5.41, 5.74) is 1.67. The number of aryl methyl sites for hydroxylation is 1. The molecule has 0 spiro atoms. The van der Waals surface area contributed by atoms with E-state index < -0.39 is 5.60 Å². The molecule has 1 amide bonds. The van der Waals surface area contributed by atoms with E-state index >= 15 is 0 Å². The van der Waals surface area contributed by atoms with Crippen LogP contribution in [0.15, 0.2) is 18.3 Å². The number of aromatic nitrogens is 1. The third kappa shape index (κ3) is 7.09. The van der Waals surface area contributed by atoms with Gasteiger partial charge in [0.1, 0.15) is 5.60 Å². The SMILES string of the molecule is Cc1ccc(CNC(C)CNC(=O)OC(C)(C)C)nc1. The van der Waals surface area contributed by atoms with Crippen LogP contribution < -0.4 is 10.6 Å². The molecule has 112 valence electrons. The molecule has 0 bridgehead atoms. The van der Waals surface area contributed by atoms with Gasteiger partial charge in [0.15, 0.2) is 0 Å². The van der Waals surface area contributed by atoms with Gasteiger partial charge in [-0.2, -0.15) is 0 Å². The van der Waals surface area contributed by atoms with E-state index in [1.807, 2.05) is 52.9 Å². The maximum atomic E-state index is 11.5. The maximum absolute atomic E-state index is 11.5. The third-order valence-corrected chi connectivity index (χ3v) is 2.56. The van der Waals surface area contributed by atoms with Gasteiger partial charge in [0.2, 0.25) is 0 Å². The summed E-state index contributed by atoms with van der Waals surface area (Å²) in [6.45, 7) is 10.7.